The topological polar surface area (TPSA) is 6.48 Å². The van der Waals surface area contributed by atoms with Gasteiger partial charge >= 0.3 is 0 Å². The first-order chi connectivity index (χ1) is 25.7. The summed E-state index contributed by atoms with van der Waals surface area (Å²) in [7, 11) is 0. The third-order valence-electron chi connectivity index (χ3n) is 11.7. The number of anilines is 6. The van der Waals surface area contributed by atoms with E-state index in [0.717, 1.165) is 0 Å². The monoisotopic (exact) mass is 668 g/mol. The number of hydrogen-bond donors (Lipinski definition) is 0. The Balaban J connectivity index is 1.22. The molecule has 52 heavy (non-hydrogen) atoms. The lowest BCUT2D eigenvalue weighted by atomic mass is 9.33. The molecule has 2 aliphatic heterocycles. The molecule has 7 aromatic carbocycles. The van der Waals surface area contributed by atoms with Crippen molar-refractivity contribution >= 4 is 57.2 Å². The zero-order valence-corrected chi connectivity index (χ0v) is 29.7. The molecule has 250 valence electrons. The molecular formula is C49H41BN2. The van der Waals surface area contributed by atoms with E-state index in [0.29, 0.717) is 5.92 Å². The molecule has 2 nitrogen and oxygen atoms in total. The minimum Gasteiger partial charge on any atom is -0.311 e. The van der Waals surface area contributed by atoms with Crippen LogP contribution in [0.15, 0.2) is 164 Å². The van der Waals surface area contributed by atoms with Gasteiger partial charge in [-0.3, -0.25) is 0 Å². The van der Waals surface area contributed by atoms with Gasteiger partial charge < -0.3 is 9.80 Å². The van der Waals surface area contributed by atoms with Crippen molar-refractivity contribution in [3.8, 4) is 22.3 Å². The fourth-order valence-corrected chi connectivity index (χ4v) is 9.14. The predicted molar refractivity (Wildman–Crippen MR) is 222 cm³/mol. The van der Waals surface area contributed by atoms with Crippen LogP contribution in [0, 0.1) is 6.92 Å². The molecule has 7 aromatic rings. The lowest BCUT2D eigenvalue weighted by Crippen LogP contribution is -2.61. The molecule has 1 fully saturated rings. The average Bonchev–Trinajstić information content (AvgIpc) is 3.22. The maximum Gasteiger partial charge on any atom is 0.252 e. The number of aryl methyl sites for hydroxylation is 1. The highest BCUT2D eigenvalue weighted by atomic mass is 15.2. The van der Waals surface area contributed by atoms with E-state index in [1.165, 1.54) is 116 Å². The van der Waals surface area contributed by atoms with Gasteiger partial charge in [-0.15, -0.1) is 0 Å². The van der Waals surface area contributed by atoms with E-state index in [4.69, 9.17) is 0 Å². The molecule has 0 saturated heterocycles. The van der Waals surface area contributed by atoms with Gasteiger partial charge in [-0.1, -0.05) is 140 Å². The van der Waals surface area contributed by atoms with Crippen molar-refractivity contribution in [2.75, 3.05) is 9.80 Å². The Morgan fingerprint density at radius 2 is 0.981 bits per heavy atom. The third kappa shape index (κ3) is 5.18. The van der Waals surface area contributed by atoms with E-state index in [9.17, 15) is 0 Å². The third-order valence-corrected chi connectivity index (χ3v) is 11.7. The number of rotatable bonds is 5. The van der Waals surface area contributed by atoms with Gasteiger partial charge in [0.15, 0.2) is 0 Å². The first-order valence-electron chi connectivity index (χ1n) is 19.0. The Kier molecular flexibility index (Phi) is 7.60. The quantitative estimate of drug-likeness (QED) is 0.168. The second-order valence-electron chi connectivity index (χ2n) is 14.9. The molecule has 0 aromatic heterocycles. The second-order valence-corrected chi connectivity index (χ2v) is 14.9. The molecule has 0 unspecified atom stereocenters. The summed E-state index contributed by atoms with van der Waals surface area (Å²) in [6.07, 6.45) is 6.49. The first-order valence-corrected chi connectivity index (χ1v) is 19.0. The van der Waals surface area contributed by atoms with Crippen LogP contribution < -0.4 is 26.2 Å². The predicted octanol–water partition coefficient (Wildman–Crippen LogP) is 11.5. The van der Waals surface area contributed by atoms with Crippen molar-refractivity contribution in [2.45, 2.75) is 44.9 Å². The molecule has 0 spiro atoms. The molecule has 0 N–H and O–H groups in total. The molecule has 2 heterocycles. The normalized spacial score (nSPS) is 14.8. The van der Waals surface area contributed by atoms with E-state index >= 15 is 0 Å². The Morgan fingerprint density at radius 1 is 0.442 bits per heavy atom. The molecule has 0 radical (unpaired) electrons. The van der Waals surface area contributed by atoms with Crippen molar-refractivity contribution in [3.05, 3.63) is 175 Å². The Hall–Kier alpha value is -5.80. The van der Waals surface area contributed by atoms with Gasteiger partial charge in [0.05, 0.1) is 0 Å². The molecule has 1 saturated carbocycles. The summed E-state index contributed by atoms with van der Waals surface area (Å²) in [6.45, 7) is 2.28. The number of nitrogens with zero attached hydrogens (tertiary/aromatic N) is 2. The van der Waals surface area contributed by atoms with Gasteiger partial charge in [0.2, 0.25) is 0 Å². The highest BCUT2D eigenvalue weighted by molar-refractivity contribution is 7.00. The number of fused-ring (bicyclic) bond motifs is 4. The van der Waals surface area contributed by atoms with Gasteiger partial charge in [0.1, 0.15) is 0 Å². The molecule has 3 heteroatoms. The van der Waals surface area contributed by atoms with Crippen LogP contribution in [0.4, 0.5) is 34.1 Å². The van der Waals surface area contributed by atoms with Crippen molar-refractivity contribution in [3.63, 3.8) is 0 Å². The van der Waals surface area contributed by atoms with E-state index in [2.05, 4.69) is 181 Å². The van der Waals surface area contributed by atoms with Crippen molar-refractivity contribution < 1.29 is 0 Å². The Labute approximate surface area is 308 Å². The summed E-state index contributed by atoms with van der Waals surface area (Å²) in [5, 5.41) is 0. The van der Waals surface area contributed by atoms with E-state index in [1.807, 2.05) is 0 Å². The van der Waals surface area contributed by atoms with Gasteiger partial charge in [0, 0.05) is 34.1 Å². The molecule has 0 amide bonds. The van der Waals surface area contributed by atoms with Crippen LogP contribution in [0.5, 0.6) is 0 Å². The summed E-state index contributed by atoms with van der Waals surface area (Å²) in [4.78, 5) is 5.11. The van der Waals surface area contributed by atoms with Crippen LogP contribution in [0.2, 0.25) is 0 Å². The van der Waals surface area contributed by atoms with E-state index < -0.39 is 0 Å². The first kappa shape index (κ1) is 31.0. The fourth-order valence-electron chi connectivity index (χ4n) is 9.14. The molecular weight excluding hydrogens is 627 g/mol. The summed E-state index contributed by atoms with van der Waals surface area (Å²) < 4.78 is 0. The van der Waals surface area contributed by atoms with Gasteiger partial charge in [0.25, 0.3) is 6.71 Å². The minimum absolute atomic E-state index is 0.0989. The van der Waals surface area contributed by atoms with Crippen LogP contribution in [0.1, 0.15) is 49.1 Å². The maximum atomic E-state index is 2.57. The standard InChI is InChI=1S/C49H41BN2/c1-34-21-28-42(29-22-34)52-46-30-27-39(38-25-23-37(24-26-38)35-13-5-2-6-14-35)31-44(46)50-43-19-11-12-20-45(43)51(41-17-9-4-10-18-41)47-32-40(33-48(52)49(47)50)36-15-7-3-8-16-36/h2,4-6,9-14,17-33,36H,3,7-8,15-16H2,1H3. The molecule has 0 bridgehead atoms. The summed E-state index contributed by atoms with van der Waals surface area (Å²) >= 11 is 0. The molecule has 3 aliphatic rings. The summed E-state index contributed by atoms with van der Waals surface area (Å²) in [5.41, 5.74) is 19.4. The number of para-hydroxylation sites is 2. The van der Waals surface area contributed by atoms with Crippen LogP contribution in [-0.4, -0.2) is 6.71 Å². The van der Waals surface area contributed by atoms with Crippen molar-refractivity contribution in [1.82, 2.24) is 0 Å². The zero-order chi connectivity index (χ0) is 34.6. The summed E-state index contributed by atoms with van der Waals surface area (Å²) in [5.74, 6) is 0.575. The molecule has 10 rings (SSSR count). The Bertz CT molecular complexity index is 2390. The fraction of sp³-hybridized carbons (Fsp3) is 0.143. The SMILES string of the molecule is Cc1ccc(N2c3ccc(-c4ccc(-c5ccccc5)cc4)cc3B3c4ccccc4N(c4ccccc4)c4cc(C5CCCCC5)cc2c43)cc1. The number of benzene rings is 7. The van der Waals surface area contributed by atoms with Gasteiger partial charge in [-0.25, -0.2) is 0 Å². The van der Waals surface area contributed by atoms with Crippen molar-refractivity contribution in [1.29, 1.82) is 0 Å². The number of hydrogen-bond acceptors (Lipinski definition) is 2. The van der Waals surface area contributed by atoms with Crippen LogP contribution in [0.25, 0.3) is 22.3 Å². The average molecular weight is 669 g/mol. The molecule has 0 atom stereocenters. The van der Waals surface area contributed by atoms with Crippen LogP contribution in [-0.2, 0) is 0 Å². The zero-order valence-electron chi connectivity index (χ0n) is 29.7. The highest BCUT2D eigenvalue weighted by Crippen LogP contribution is 2.47. The van der Waals surface area contributed by atoms with E-state index in [-0.39, 0.29) is 6.71 Å². The minimum atomic E-state index is 0.0989. The second kappa shape index (κ2) is 12.8. The smallest absolute Gasteiger partial charge is 0.252 e. The van der Waals surface area contributed by atoms with Crippen molar-refractivity contribution in [2.24, 2.45) is 0 Å². The lowest BCUT2D eigenvalue weighted by Gasteiger charge is -2.45. The molecule has 1 aliphatic carbocycles. The van der Waals surface area contributed by atoms with Gasteiger partial charge in [-0.05, 0) is 118 Å². The largest absolute Gasteiger partial charge is 0.311 e. The lowest BCUT2D eigenvalue weighted by molar-refractivity contribution is 0.444. The summed E-state index contributed by atoms with van der Waals surface area (Å²) in [6, 6.07) is 61.3. The Morgan fingerprint density at radius 3 is 1.67 bits per heavy atom. The van der Waals surface area contributed by atoms with Gasteiger partial charge in [-0.2, -0.15) is 0 Å². The van der Waals surface area contributed by atoms with Crippen LogP contribution >= 0.6 is 0 Å². The van der Waals surface area contributed by atoms with E-state index in [1.54, 1.807) is 0 Å². The highest BCUT2D eigenvalue weighted by Gasteiger charge is 2.43. The maximum absolute atomic E-state index is 2.57. The van der Waals surface area contributed by atoms with Crippen LogP contribution in [0.3, 0.4) is 0 Å².